The molecular formula is C11H19N3S. The van der Waals surface area contributed by atoms with Crippen LogP contribution in [-0.2, 0) is 5.54 Å². The Morgan fingerprint density at radius 3 is 2.80 bits per heavy atom. The minimum atomic E-state index is -0.298. The van der Waals surface area contributed by atoms with Crippen LogP contribution in [0, 0.1) is 0 Å². The molecule has 2 N–H and O–H groups in total. The molecule has 0 aromatic carbocycles. The third-order valence-corrected chi connectivity index (χ3v) is 4.08. The number of aromatic nitrogens is 1. The number of nitrogens with zero attached hydrogens (tertiary/aromatic N) is 2. The zero-order valence-electron chi connectivity index (χ0n) is 9.66. The summed E-state index contributed by atoms with van der Waals surface area (Å²) in [5, 5.41) is 3.22. The number of hydrogen-bond donors (Lipinski definition) is 1. The zero-order valence-corrected chi connectivity index (χ0v) is 10.5. The van der Waals surface area contributed by atoms with Crippen molar-refractivity contribution in [2.75, 3.05) is 20.1 Å². The summed E-state index contributed by atoms with van der Waals surface area (Å²) < 4.78 is 0. The fourth-order valence-corrected chi connectivity index (χ4v) is 2.89. The van der Waals surface area contributed by atoms with Gasteiger partial charge in [0.05, 0.1) is 11.2 Å². The van der Waals surface area contributed by atoms with E-state index < -0.39 is 0 Å². The molecule has 0 saturated carbocycles. The average Bonchev–Trinajstić information content (AvgIpc) is 2.69. The third-order valence-electron chi connectivity index (χ3n) is 2.88. The maximum Gasteiger partial charge on any atom is 0.112 e. The first kappa shape index (κ1) is 11.0. The van der Waals surface area contributed by atoms with Gasteiger partial charge in [0.1, 0.15) is 5.01 Å². The summed E-state index contributed by atoms with van der Waals surface area (Å²) in [7, 11) is 2.17. The van der Waals surface area contributed by atoms with Crippen molar-refractivity contribution in [2.24, 2.45) is 5.73 Å². The van der Waals surface area contributed by atoms with E-state index in [2.05, 4.69) is 22.3 Å². The normalized spacial score (nSPS) is 23.6. The predicted molar refractivity (Wildman–Crippen MR) is 64.2 cm³/mol. The van der Waals surface area contributed by atoms with Gasteiger partial charge < -0.3 is 10.6 Å². The number of likely N-dealkylation sites (tertiary alicyclic amines) is 1. The Labute approximate surface area is 95.3 Å². The molecular weight excluding hydrogens is 206 g/mol. The number of nitrogens with two attached hydrogens (primary N) is 1. The number of thiazole rings is 1. The van der Waals surface area contributed by atoms with E-state index in [1.54, 1.807) is 11.3 Å². The van der Waals surface area contributed by atoms with E-state index in [0.717, 1.165) is 11.6 Å². The van der Waals surface area contributed by atoms with Gasteiger partial charge in [-0.1, -0.05) is 0 Å². The van der Waals surface area contributed by atoms with Gasteiger partial charge in [-0.15, -0.1) is 11.3 Å². The summed E-state index contributed by atoms with van der Waals surface area (Å²) in [6, 6.07) is 0. The molecule has 1 aliphatic heterocycles. The molecule has 1 saturated heterocycles. The van der Waals surface area contributed by atoms with Gasteiger partial charge in [0.2, 0.25) is 0 Å². The standard InChI is InChI=1S/C11H19N3S/c1-11(2,12)10-13-9(7-15-10)8-4-5-14(3)6-8/h7-8H,4-6,12H2,1-3H3. The molecule has 15 heavy (non-hydrogen) atoms. The first-order chi connectivity index (χ1) is 6.97. The van der Waals surface area contributed by atoms with Gasteiger partial charge in [-0.2, -0.15) is 0 Å². The lowest BCUT2D eigenvalue weighted by Crippen LogP contribution is -2.28. The first-order valence-electron chi connectivity index (χ1n) is 5.40. The lowest BCUT2D eigenvalue weighted by atomic mass is 10.1. The summed E-state index contributed by atoms with van der Waals surface area (Å²) in [4.78, 5) is 7.02. The molecule has 0 spiro atoms. The molecule has 2 rings (SSSR count). The molecule has 1 aliphatic rings. The quantitative estimate of drug-likeness (QED) is 0.834. The number of likely N-dealkylation sites (N-methyl/N-ethyl adjacent to an activating group) is 1. The number of rotatable bonds is 2. The van der Waals surface area contributed by atoms with Crippen LogP contribution in [-0.4, -0.2) is 30.0 Å². The smallest absolute Gasteiger partial charge is 0.112 e. The molecule has 2 heterocycles. The summed E-state index contributed by atoms with van der Waals surface area (Å²) in [5.74, 6) is 0.613. The summed E-state index contributed by atoms with van der Waals surface area (Å²) >= 11 is 1.69. The molecule has 0 radical (unpaired) electrons. The van der Waals surface area contributed by atoms with Crippen LogP contribution in [0.5, 0.6) is 0 Å². The van der Waals surface area contributed by atoms with Gasteiger partial charge in [-0.25, -0.2) is 4.98 Å². The second-order valence-corrected chi connectivity index (χ2v) is 5.91. The van der Waals surface area contributed by atoms with Crippen LogP contribution >= 0.6 is 11.3 Å². The van der Waals surface area contributed by atoms with Crippen LogP contribution in [0.4, 0.5) is 0 Å². The van der Waals surface area contributed by atoms with Gasteiger partial charge in [0.25, 0.3) is 0 Å². The first-order valence-corrected chi connectivity index (χ1v) is 6.28. The Hall–Kier alpha value is -0.450. The minimum absolute atomic E-state index is 0.298. The van der Waals surface area contributed by atoms with Crippen molar-refractivity contribution in [1.82, 2.24) is 9.88 Å². The average molecular weight is 225 g/mol. The molecule has 1 fully saturated rings. The van der Waals surface area contributed by atoms with Gasteiger partial charge in [-0.3, -0.25) is 0 Å². The fourth-order valence-electron chi connectivity index (χ4n) is 1.95. The molecule has 0 bridgehead atoms. The molecule has 4 heteroatoms. The molecule has 0 aliphatic carbocycles. The minimum Gasteiger partial charge on any atom is -0.320 e. The summed E-state index contributed by atoms with van der Waals surface area (Å²) in [5.41, 5.74) is 6.97. The largest absolute Gasteiger partial charge is 0.320 e. The Morgan fingerprint density at radius 1 is 1.60 bits per heavy atom. The van der Waals surface area contributed by atoms with E-state index in [-0.39, 0.29) is 5.54 Å². The van der Waals surface area contributed by atoms with Crippen LogP contribution in [0.1, 0.15) is 36.9 Å². The maximum absolute atomic E-state index is 6.03. The van der Waals surface area contributed by atoms with Crippen LogP contribution in [0.25, 0.3) is 0 Å². The Morgan fingerprint density at radius 2 is 2.33 bits per heavy atom. The lowest BCUT2D eigenvalue weighted by Gasteiger charge is -2.14. The second kappa shape index (κ2) is 3.85. The number of hydrogen-bond acceptors (Lipinski definition) is 4. The highest BCUT2D eigenvalue weighted by Crippen LogP contribution is 2.30. The van der Waals surface area contributed by atoms with Crippen molar-refractivity contribution in [1.29, 1.82) is 0 Å². The van der Waals surface area contributed by atoms with Gasteiger partial charge >= 0.3 is 0 Å². The highest BCUT2D eigenvalue weighted by Gasteiger charge is 2.25. The van der Waals surface area contributed by atoms with Crippen molar-refractivity contribution in [3.05, 3.63) is 16.1 Å². The van der Waals surface area contributed by atoms with Gasteiger partial charge in [0, 0.05) is 17.8 Å². The molecule has 84 valence electrons. The van der Waals surface area contributed by atoms with Crippen molar-refractivity contribution >= 4 is 11.3 Å². The van der Waals surface area contributed by atoms with Crippen LogP contribution < -0.4 is 5.73 Å². The summed E-state index contributed by atoms with van der Waals surface area (Å²) in [6.45, 7) is 6.34. The van der Waals surface area contributed by atoms with Crippen molar-refractivity contribution < 1.29 is 0 Å². The van der Waals surface area contributed by atoms with E-state index in [1.165, 1.54) is 18.7 Å². The van der Waals surface area contributed by atoms with Crippen LogP contribution in [0.2, 0.25) is 0 Å². The topological polar surface area (TPSA) is 42.1 Å². The van der Waals surface area contributed by atoms with E-state index in [0.29, 0.717) is 5.92 Å². The van der Waals surface area contributed by atoms with Crippen molar-refractivity contribution in [3.63, 3.8) is 0 Å². The Kier molecular flexibility index (Phi) is 2.83. The maximum atomic E-state index is 6.03. The molecule has 1 unspecified atom stereocenters. The molecule has 0 amide bonds. The van der Waals surface area contributed by atoms with E-state index in [4.69, 9.17) is 5.73 Å². The Bertz CT molecular complexity index is 340. The molecule has 3 nitrogen and oxygen atoms in total. The monoisotopic (exact) mass is 225 g/mol. The van der Waals surface area contributed by atoms with E-state index >= 15 is 0 Å². The van der Waals surface area contributed by atoms with Crippen LogP contribution in [0.15, 0.2) is 5.38 Å². The van der Waals surface area contributed by atoms with E-state index in [9.17, 15) is 0 Å². The zero-order chi connectivity index (χ0) is 11.1. The third kappa shape index (κ3) is 2.38. The highest BCUT2D eigenvalue weighted by molar-refractivity contribution is 7.09. The van der Waals surface area contributed by atoms with Gasteiger partial charge in [-0.05, 0) is 33.9 Å². The highest BCUT2D eigenvalue weighted by atomic mass is 32.1. The van der Waals surface area contributed by atoms with Crippen LogP contribution in [0.3, 0.4) is 0 Å². The SMILES string of the molecule is CN1CCC(c2csc(C(C)(C)N)n2)C1. The van der Waals surface area contributed by atoms with E-state index in [1.807, 2.05) is 13.8 Å². The predicted octanol–water partition coefficient (Wildman–Crippen LogP) is 1.76. The fraction of sp³-hybridized carbons (Fsp3) is 0.727. The molecule has 1 atom stereocenters. The second-order valence-electron chi connectivity index (χ2n) is 5.05. The lowest BCUT2D eigenvalue weighted by molar-refractivity contribution is 0.410. The molecule has 1 aromatic rings. The summed E-state index contributed by atoms with van der Waals surface area (Å²) in [6.07, 6.45) is 1.23. The van der Waals surface area contributed by atoms with Crippen molar-refractivity contribution in [2.45, 2.75) is 31.7 Å². The van der Waals surface area contributed by atoms with Crippen molar-refractivity contribution in [3.8, 4) is 0 Å². The van der Waals surface area contributed by atoms with Gasteiger partial charge in [0.15, 0.2) is 0 Å². The molecule has 1 aromatic heterocycles. The Balaban J connectivity index is 2.14.